The lowest BCUT2D eigenvalue weighted by atomic mass is 9.79. The van der Waals surface area contributed by atoms with E-state index in [4.69, 9.17) is 11.6 Å². The summed E-state index contributed by atoms with van der Waals surface area (Å²) in [4.78, 5) is 23.3. The highest BCUT2D eigenvalue weighted by Crippen LogP contribution is 2.30. The predicted octanol–water partition coefficient (Wildman–Crippen LogP) is 3.22. The molecule has 2 unspecified atom stereocenters. The first-order valence-electron chi connectivity index (χ1n) is 7.52. The molecule has 0 radical (unpaired) electrons. The quantitative estimate of drug-likeness (QED) is 0.763. The van der Waals surface area contributed by atoms with E-state index < -0.39 is 35.0 Å². The fourth-order valence-electron chi connectivity index (χ4n) is 2.53. The normalized spacial score (nSPS) is 17.7. The lowest BCUT2D eigenvalue weighted by molar-refractivity contribution is -0.144. The van der Waals surface area contributed by atoms with Crippen molar-refractivity contribution in [3.8, 4) is 0 Å². The van der Waals surface area contributed by atoms with Crippen molar-refractivity contribution in [2.75, 3.05) is 0 Å². The number of carboxylic acids is 1. The fraction of sp³-hybridized carbons (Fsp3) is 0.500. The maximum Gasteiger partial charge on any atom is 0.416 e. The Kier molecular flexibility index (Phi) is 5.74. The third kappa shape index (κ3) is 4.63. The average Bonchev–Trinajstić information content (AvgIpc) is 2.44. The van der Waals surface area contributed by atoms with Gasteiger partial charge in [-0.2, -0.15) is 13.2 Å². The van der Waals surface area contributed by atoms with Crippen LogP contribution in [0, 0.1) is 5.92 Å². The second kappa shape index (κ2) is 7.42. The van der Waals surface area contributed by atoms with Crippen LogP contribution in [0.1, 0.15) is 30.4 Å². The largest absolute Gasteiger partial charge is 0.480 e. The molecule has 1 fully saturated rings. The Bertz CT molecular complexity index is 600. The number of amides is 1. The molecule has 1 aliphatic carbocycles. The molecule has 1 aromatic carbocycles. The molecule has 2 N–H and O–H groups in total. The summed E-state index contributed by atoms with van der Waals surface area (Å²) in [6, 6.07) is 3.38. The molecule has 0 heterocycles. The van der Waals surface area contributed by atoms with E-state index >= 15 is 0 Å². The Balaban J connectivity index is 1.94. The number of benzene rings is 1. The van der Waals surface area contributed by atoms with Gasteiger partial charge < -0.3 is 10.4 Å². The van der Waals surface area contributed by atoms with E-state index in [0.717, 1.165) is 31.4 Å². The van der Waals surface area contributed by atoms with Gasteiger partial charge in [-0.1, -0.05) is 18.6 Å². The van der Waals surface area contributed by atoms with Gasteiger partial charge >= 0.3 is 12.1 Å². The molecule has 24 heavy (non-hydrogen) atoms. The van der Waals surface area contributed by atoms with Crippen LogP contribution in [0.2, 0.25) is 0 Å². The summed E-state index contributed by atoms with van der Waals surface area (Å²) in [5.41, 5.74) is -0.314. The monoisotopic (exact) mass is 363 g/mol. The van der Waals surface area contributed by atoms with Crippen molar-refractivity contribution in [1.29, 1.82) is 0 Å². The smallest absolute Gasteiger partial charge is 0.416 e. The predicted molar refractivity (Wildman–Crippen MR) is 81.7 cm³/mol. The second-order valence-electron chi connectivity index (χ2n) is 5.88. The van der Waals surface area contributed by atoms with Gasteiger partial charge in [-0.05, 0) is 42.9 Å². The number of hydrogen-bond donors (Lipinski definition) is 2. The van der Waals surface area contributed by atoms with Crippen LogP contribution in [0.4, 0.5) is 13.2 Å². The summed E-state index contributed by atoms with van der Waals surface area (Å²) in [5.74, 6) is -1.83. The highest BCUT2D eigenvalue weighted by Gasteiger charge is 2.35. The van der Waals surface area contributed by atoms with Crippen LogP contribution < -0.4 is 5.32 Å². The van der Waals surface area contributed by atoms with E-state index in [0.29, 0.717) is 5.56 Å². The van der Waals surface area contributed by atoms with Crippen LogP contribution in [-0.4, -0.2) is 28.4 Å². The molecule has 1 aromatic rings. The molecule has 0 spiro atoms. The second-order valence-corrected chi connectivity index (χ2v) is 6.41. The van der Waals surface area contributed by atoms with Crippen molar-refractivity contribution in [3.63, 3.8) is 0 Å². The number of alkyl halides is 4. The molecule has 0 saturated heterocycles. The number of nitrogens with one attached hydrogen (secondary N) is 1. The van der Waals surface area contributed by atoms with Crippen LogP contribution in [0.3, 0.4) is 0 Å². The van der Waals surface area contributed by atoms with Gasteiger partial charge in [-0.3, -0.25) is 4.79 Å². The molecule has 2 atom stereocenters. The molecule has 1 amide bonds. The highest BCUT2D eigenvalue weighted by atomic mass is 35.5. The van der Waals surface area contributed by atoms with Crippen molar-refractivity contribution in [2.45, 2.75) is 43.3 Å². The van der Waals surface area contributed by atoms with Crippen molar-refractivity contribution < 1.29 is 27.9 Å². The number of rotatable bonds is 6. The summed E-state index contributed by atoms with van der Waals surface area (Å²) >= 11 is 5.98. The first kappa shape index (κ1) is 18.6. The van der Waals surface area contributed by atoms with Gasteiger partial charge in [-0.25, -0.2) is 4.79 Å². The van der Waals surface area contributed by atoms with Gasteiger partial charge in [0.15, 0.2) is 0 Å². The lowest BCUT2D eigenvalue weighted by Crippen LogP contribution is -2.50. The van der Waals surface area contributed by atoms with E-state index in [1.165, 1.54) is 12.1 Å². The summed E-state index contributed by atoms with van der Waals surface area (Å²) < 4.78 is 37.5. The molecule has 1 aliphatic rings. The van der Waals surface area contributed by atoms with Gasteiger partial charge in [-0.15, -0.1) is 11.6 Å². The minimum Gasteiger partial charge on any atom is -0.480 e. The standard InChI is InChI=1S/C16H17ClF3NO3/c17-12(8-9-4-6-11(7-5-9)16(18,19)20)14(22)21-13(15(23)24)10-2-1-3-10/h4-7,10,12-13H,1-3,8H2,(H,21,22)(H,23,24). The minimum atomic E-state index is -4.42. The van der Waals surface area contributed by atoms with Gasteiger partial charge in [0, 0.05) is 0 Å². The Morgan fingerprint density at radius 1 is 1.25 bits per heavy atom. The summed E-state index contributed by atoms with van der Waals surface area (Å²) in [6.07, 6.45) is -2.00. The van der Waals surface area contributed by atoms with Crippen molar-refractivity contribution >= 4 is 23.5 Å². The third-order valence-corrected chi connectivity index (χ3v) is 4.52. The molecular formula is C16H17ClF3NO3. The Morgan fingerprint density at radius 2 is 1.83 bits per heavy atom. The molecule has 4 nitrogen and oxygen atoms in total. The number of hydrogen-bond acceptors (Lipinski definition) is 2. The van der Waals surface area contributed by atoms with Gasteiger partial charge in [0.25, 0.3) is 0 Å². The van der Waals surface area contributed by atoms with Crippen molar-refractivity contribution in [2.24, 2.45) is 5.92 Å². The number of carbonyl (C=O) groups is 2. The Labute approximate surface area is 142 Å². The van der Waals surface area contributed by atoms with Crippen LogP contribution in [0.15, 0.2) is 24.3 Å². The average molecular weight is 364 g/mol. The fourth-order valence-corrected chi connectivity index (χ4v) is 2.77. The van der Waals surface area contributed by atoms with E-state index in [9.17, 15) is 27.9 Å². The number of aliphatic carboxylic acids is 1. The van der Waals surface area contributed by atoms with Crippen LogP contribution in [-0.2, 0) is 22.2 Å². The maximum absolute atomic E-state index is 12.5. The zero-order valence-electron chi connectivity index (χ0n) is 12.6. The van der Waals surface area contributed by atoms with Gasteiger partial charge in [0.1, 0.15) is 11.4 Å². The van der Waals surface area contributed by atoms with Crippen molar-refractivity contribution in [1.82, 2.24) is 5.32 Å². The van der Waals surface area contributed by atoms with Gasteiger partial charge in [0.2, 0.25) is 5.91 Å². The van der Waals surface area contributed by atoms with E-state index in [1.54, 1.807) is 0 Å². The number of carbonyl (C=O) groups excluding carboxylic acids is 1. The number of halogens is 4. The molecule has 1 saturated carbocycles. The minimum absolute atomic E-state index is 0.0164. The Hall–Kier alpha value is -1.76. The first-order chi connectivity index (χ1) is 11.2. The SMILES string of the molecule is O=C(NC(C(=O)O)C1CCC1)C(Cl)Cc1ccc(C(F)(F)F)cc1. The zero-order valence-corrected chi connectivity index (χ0v) is 13.4. The molecule has 0 aromatic heterocycles. The molecule has 0 aliphatic heterocycles. The molecule has 132 valence electrons. The highest BCUT2D eigenvalue weighted by molar-refractivity contribution is 6.31. The summed E-state index contributed by atoms with van der Waals surface area (Å²) in [6.45, 7) is 0. The van der Waals surface area contributed by atoms with E-state index in [-0.39, 0.29) is 12.3 Å². The topological polar surface area (TPSA) is 66.4 Å². The maximum atomic E-state index is 12.5. The molecule has 2 rings (SSSR count). The van der Waals surface area contributed by atoms with E-state index in [2.05, 4.69) is 5.32 Å². The van der Waals surface area contributed by atoms with Gasteiger partial charge in [0.05, 0.1) is 5.56 Å². The van der Waals surface area contributed by atoms with Crippen molar-refractivity contribution in [3.05, 3.63) is 35.4 Å². The molecule has 0 bridgehead atoms. The third-order valence-electron chi connectivity index (χ3n) is 4.17. The van der Waals surface area contributed by atoms with Crippen LogP contribution in [0.5, 0.6) is 0 Å². The molecular weight excluding hydrogens is 347 g/mol. The summed E-state index contributed by atoms with van der Waals surface area (Å²) in [5, 5.41) is 10.5. The Morgan fingerprint density at radius 3 is 2.25 bits per heavy atom. The molecule has 8 heteroatoms. The van der Waals surface area contributed by atoms with Crippen LogP contribution >= 0.6 is 11.6 Å². The van der Waals surface area contributed by atoms with E-state index in [1.807, 2.05) is 0 Å². The number of carboxylic acid groups (broad SMARTS) is 1. The first-order valence-corrected chi connectivity index (χ1v) is 7.95. The lowest BCUT2D eigenvalue weighted by Gasteiger charge is -2.31. The summed E-state index contributed by atoms with van der Waals surface area (Å²) in [7, 11) is 0. The van der Waals surface area contributed by atoms with Crippen LogP contribution in [0.25, 0.3) is 0 Å². The zero-order chi connectivity index (χ0) is 17.9.